The van der Waals surface area contributed by atoms with Crippen molar-refractivity contribution in [3.05, 3.63) is 35.4 Å². The molecule has 0 fully saturated rings. The lowest BCUT2D eigenvalue weighted by atomic mass is 9.90. The first-order valence-electron chi connectivity index (χ1n) is 6.11. The maximum absolute atomic E-state index is 13.4. The second-order valence-electron chi connectivity index (χ2n) is 5.29. The van der Waals surface area contributed by atoms with E-state index in [1.807, 2.05) is 13.8 Å². The number of nitrogens with one attached hydrogen (secondary N) is 1. The van der Waals surface area contributed by atoms with Crippen LogP contribution in [-0.2, 0) is 11.2 Å². The molecule has 1 rings (SSSR count). The number of alkyl halides is 1. The lowest BCUT2D eigenvalue weighted by molar-refractivity contribution is -0.120. The first-order valence-corrected chi connectivity index (χ1v) is 7.23. The van der Waals surface area contributed by atoms with Crippen LogP contribution in [0.1, 0.15) is 25.8 Å². The van der Waals surface area contributed by atoms with E-state index in [4.69, 9.17) is 0 Å². The Balaban J connectivity index is 2.52. The van der Waals surface area contributed by atoms with E-state index in [2.05, 4.69) is 21.2 Å². The molecule has 0 aliphatic carbocycles. The Hall–Kier alpha value is -0.970. The zero-order chi connectivity index (χ0) is 14.5. The lowest BCUT2D eigenvalue weighted by Gasteiger charge is -2.23. The minimum atomic E-state index is -0.685. The summed E-state index contributed by atoms with van der Waals surface area (Å²) < 4.78 is 26.1. The molecule has 0 atom stereocenters. The monoisotopic (exact) mass is 333 g/mol. The maximum atomic E-state index is 13.4. The highest BCUT2D eigenvalue weighted by atomic mass is 79.9. The van der Waals surface area contributed by atoms with Crippen LogP contribution in [0.2, 0.25) is 0 Å². The predicted molar refractivity (Wildman–Crippen MR) is 75.3 cm³/mol. The number of amides is 1. The first kappa shape index (κ1) is 16.1. The van der Waals surface area contributed by atoms with Crippen molar-refractivity contribution in [2.75, 3.05) is 11.9 Å². The number of rotatable bonds is 6. The average molecular weight is 334 g/mol. The zero-order valence-electron chi connectivity index (χ0n) is 11.1. The third-order valence-corrected chi connectivity index (χ3v) is 3.30. The van der Waals surface area contributed by atoms with Gasteiger partial charge < -0.3 is 5.32 Å². The molecule has 0 aromatic heterocycles. The fourth-order valence-corrected chi connectivity index (χ4v) is 2.66. The van der Waals surface area contributed by atoms with E-state index in [0.717, 1.165) is 23.9 Å². The predicted octanol–water partition coefficient (Wildman–Crippen LogP) is 3.43. The van der Waals surface area contributed by atoms with E-state index in [0.29, 0.717) is 6.54 Å². The van der Waals surface area contributed by atoms with Crippen molar-refractivity contribution in [1.29, 1.82) is 0 Å². The molecule has 0 heterocycles. The van der Waals surface area contributed by atoms with E-state index in [9.17, 15) is 13.6 Å². The average Bonchev–Trinajstić information content (AvgIpc) is 2.30. The Morgan fingerprint density at radius 1 is 1.37 bits per heavy atom. The summed E-state index contributed by atoms with van der Waals surface area (Å²) in [5.74, 6) is -1.58. The number of benzene rings is 1. The highest BCUT2D eigenvalue weighted by molar-refractivity contribution is 9.09. The molecule has 5 heteroatoms. The summed E-state index contributed by atoms with van der Waals surface area (Å²) in [6, 6.07) is 3.24. The van der Waals surface area contributed by atoms with Crippen LogP contribution < -0.4 is 5.32 Å². The normalized spacial score (nSPS) is 11.4. The maximum Gasteiger partial charge on any atom is 0.224 e. The van der Waals surface area contributed by atoms with E-state index < -0.39 is 11.6 Å². The summed E-state index contributed by atoms with van der Waals surface area (Å²) in [5.41, 5.74) is 0.192. The molecule has 0 saturated carbocycles. The fraction of sp³-hybridized carbons (Fsp3) is 0.500. The van der Waals surface area contributed by atoms with Gasteiger partial charge >= 0.3 is 0 Å². The van der Waals surface area contributed by atoms with Gasteiger partial charge in [0.25, 0.3) is 0 Å². The number of halogens is 3. The molecule has 0 aliphatic rings. The molecule has 0 aliphatic heterocycles. The van der Waals surface area contributed by atoms with Crippen LogP contribution in [0, 0.1) is 17.0 Å². The summed E-state index contributed by atoms with van der Waals surface area (Å²) in [6.07, 6.45) is 0.856. The largest absolute Gasteiger partial charge is 0.355 e. The second-order valence-corrected chi connectivity index (χ2v) is 6.09. The topological polar surface area (TPSA) is 29.1 Å². The van der Waals surface area contributed by atoms with Crippen LogP contribution in [0.5, 0.6) is 0 Å². The number of hydrogen-bond acceptors (Lipinski definition) is 1. The molecule has 0 unspecified atom stereocenters. The van der Waals surface area contributed by atoms with Crippen LogP contribution in [0.4, 0.5) is 8.78 Å². The lowest BCUT2D eigenvalue weighted by Crippen LogP contribution is -2.35. The summed E-state index contributed by atoms with van der Waals surface area (Å²) in [5, 5.41) is 3.64. The van der Waals surface area contributed by atoms with Gasteiger partial charge in [0.2, 0.25) is 5.91 Å². The van der Waals surface area contributed by atoms with Gasteiger partial charge in [-0.25, -0.2) is 8.78 Å². The van der Waals surface area contributed by atoms with E-state index in [-0.39, 0.29) is 23.3 Å². The van der Waals surface area contributed by atoms with Crippen molar-refractivity contribution in [3.8, 4) is 0 Å². The Morgan fingerprint density at radius 3 is 2.63 bits per heavy atom. The second kappa shape index (κ2) is 6.98. The molecule has 0 spiro atoms. The molecule has 0 bridgehead atoms. The van der Waals surface area contributed by atoms with Gasteiger partial charge in [0.05, 0.1) is 6.42 Å². The smallest absolute Gasteiger partial charge is 0.224 e. The van der Waals surface area contributed by atoms with Gasteiger partial charge in [-0.2, -0.15) is 0 Å². The van der Waals surface area contributed by atoms with Gasteiger partial charge in [-0.05, 0) is 23.5 Å². The van der Waals surface area contributed by atoms with Crippen LogP contribution in [0.15, 0.2) is 18.2 Å². The number of carbonyl (C=O) groups is 1. The van der Waals surface area contributed by atoms with E-state index >= 15 is 0 Å². The standard InChI is InChI=1S/C14H18BrF2NO/c1-14(2,5-6-15)9-18-13(19)7-10-3-4-11(16)8-12(10)17/h3-4,8H,5-7,9H2,1-2H3,(H,18,19). The molecule has 1 N–H and O–H groups in total. The van der Waals surface area contributed by atoms with Gasteiger partial charge in [0, 0.05) is 17.9 Å². The molecule has 2 nitrogen and oxygen atoms in total. The molecule has 1 amide bonds. The van der Waals surface area contributed by atoms with E-state index in [1.54, 1.807) is 0 Å². The Labute approximate surface area is 120 Å². The molecule has 1 aromatic carbocycles. The van der Waals surface area contributed by atoms with Crippen molar-refractivity contribution >= 4 is 21.8 Å². The fourth-order valence-electron chi connectivity index (χ4n) is 1.58. The van der Waals surface area contributed by atoms with E-state index in [1.165, 1.54) is 6.07 Å². The quantitative estimate of drug-likeness (QED) is 0.794. The summed E-state index contributed by atoms with van der Waals surface area (Å²) >= 11 is 3.36. The summed E-state index contributed by atoms with van der Waals surface area (Å²) in [6.45, 7) is 4.63. The summed E-state index contributed by atoms with van der Waals surface area (Å²) in [4.78, 5) is 11.7. The van der Waals surface area contributed by atoms with Crippen molar-refractivity contribution in [2.45, 2.75) is 26.7 Å². The third-order valence-electron chi connectivity index (χ3n) is 2.90. The van der Waals surface area contributed by atoms with Crippen LogP contribution >= 0.6 is 15.9 Å². The number of hydrogen-bond donors (Lipinski definition) is 1. The number of carbonyl (C=O) groups excluding carboxylic acids is 1. The molecule has 106 valence electrons. The molecular weight excluding hydrogens is 316 g/mol. The molecule has 0 saturated heterocycles. The van der Waals surface area contributed by atoms with Gasteiger partial charge in [-0.15, -0.1) is 0 Å². The Bertz CT molecular complexity index is 449. The van der Waals surface area contributed by atoms with Crippen molar-refractivity contribution in [2.24, 2.45) is 5.41 Å². The zero-order valence-corrected chi connectivity index (χ0v) is 12.7. The Morgan fingerprint density at radius 2 is 2.05 bits per heavy atom. The van der Waals surface area contributed by atoms with Crippen molar-refractivity contribution in [1.82, 2.24) is 5.32 Å². The molecule has 0 radical (unpaired) electrons. The summed E-state index contributed by atoms with van der Waals surface area (Å²) in [7, 11) is 0. The van der Waals surface area contributed by atoms with Gasteiger partial charge in [-0.1, -0.05) is 35.8 Å². The minimum absolute atomic E-state index is 0.0134. The third kappa shape index (κ3) is 5.68. The molecule has 19 heavy (non-hydrogen) atoms. The van der Waals surface area contributed by atoms with Gasteiger partial charge in [0.1, 0.15) is 11.6 Å². The van der Waals surface area contributed by atoms with Crippen LogP contribution in [-0.4, -0.2) is 17.8 Å². The van der Waals surface area contributed by atoms with Crippen molar-refractivity contribution < 1.29 is 13.6 Å². The van der Waals surface area contributed by atoms with Crippen molar-refractivity contribution in [3.63, 3.8) is 0 Å². The van der Waals surface area contributed by atoms with Gasteiger partial charge in [-0.3, -0.25) is 4.79 Å². The van der Waals surface area contributed by atoms with Crippen LogP contribution in [0.25, 0.3) is 0 Å². The Kier molecular flexibility index (Phi) is 5.91. The molecular formula is C14H18BrF2NO. The van der Waals surface area contributed by atoms with Gasteiger partial charge in [0.15, 0.2) is 0 Å². The first-order chi connectivity index (χ1) is 8.84. The highest BCUT2D eigenvalue weighted by Crippen LogP contribution is 2.20. The highest BCUT2D eigenvalue weighted by Gasteiger charge is 2.18. The SMILES string of the molecule is CC(C)(CCBr)CNC(=O)Cc1ccc(F)cc1F. The molecule has 1 aromatic rings. The van der Waals surface area contributed by atoms with Crippen LogP contribution in [0.3, 0.4) is 0 Å². The minimum Gasteiger partial charge on any atom is -0.355 e.